The first-order valence-electron chi connectivity index (χ1n) is 12.4. The third-order valence-corrected chi connectivity index (χ3v) is 7.00. The number of carbonyl (C=O) groups excluding carboxylic acids is 1. The first-order valence-corrected chi connectivity index (χ1v) is 12.4. The SMILES string of the molecule is CC[C@@H](Nc1c(Nc2cccc(C(=O)N3CC[C@H](CO)C3)c2O)c(=O)n(C)n(C)c1=O)c1ccccc1. The lowest BCUT2D eigenvalue weighted by molar-refractivity contribution is 0.0779. The van der Waals surface area contributed by atoms with E-state index in [2.05, 4.69) is 10.6 Å². The van der Waals surface area contributed by atoms with Gasteiger partial charge < -0.3 is 25.7 Å². The summed E-state index contributed by atoms with van der Waals surface area (Å²) in [5.74, 6) is -0.660. The zero-order chi connectivity index (χ0) is 26.7. The molecule has 1 aliphatic rings. The van der Waals surface area contributed by atoms with Crippen LogP contribution in [0.4, 0.5) is 17.1 Å². The Morgan fingerprint density at radius 3 is 2.32 bits per heavy atom. The summed E-state index contributed by atoms with van der Waals surface area (Å²) in [5.41, 5.74) is 0.316. The summed E-state index contributed by atoms with van der Waals surface area (Å²) >= 11 is 0. The van der Waals surface area contributed by atoms with Crippen LogP contribution in [-0.4, -0.2) is 50.1 Å². The molecule has 0 saturated carbocycles. The van der Waals surface area contributed by atoms with Gasteiger partial charge in [0.05, 0.1) is 17.3 Å². The number of hydrogen-bond donors (Lipinski definition) is 4. The van der Waals surface area contributed by atoms with Crippen LogP contribution in [0.15, 0.2) is 58.1 Å². The van der Waals surface area contributed by atoms with Gasteiger partial charge in [-0.1, -0.05) is 43.3 Å². The molecule has 0 unspecified atom stereocenters. The lowest BCUT2D eigenvalue weighted by Crippen LogP contribution is -2.38. The van der Waals surface area contributed by atoms with E-state index in [1.807, 2.05) is 37.3 Å². The van der Waals surface area contributed by atoms with Crippen molar-refractivity contribution in [2.24, 2.45) is 20.0 Å². The summed E-state index contributed by atoms with van der Waals surface area (Å²) in [6.07, 6.45) is 1.35. The lowest BCUT2D eigenvalue weighted by Gasteiger charge is -2.23. The van der Waals surface area contributed by atoms with E-state index in [1.165, 1.54) is 29.5 Å². The van der Waals surface area contributed by atoms with E-state index >= 15 is 0 Å². The number of para-hydroxylation sites is 1. The zero-order valence-electron chi connectivity index (χ0n) is 21.3. The lowest BCUT2D eigenvalue weighted by atomic mass is 10.0. The van der Waals surface area contributed by atoms with Crippen LogP contribution < -0.4 is 21.8 Å². The van der Waals surface area contributed by atoms with Crippen LogP contribution in [0, 0.1) is 5.92 Å². The monoisotopic (exact) mass is 507 g/mol. The molecular weight excluding hydrogens is 474 g/mol. The highest BCUT2D eigenvalue weighted by atomic mass is 16.3. The number of rotatable bonds is 8. The molecule has 0 spiro atoms. The predicted octanol–water partition coefficient (Wildman–Crippen LogP) is 2.55. The van der Waals surface area contributed by atoms with E-state index in [1.54, 1.807) is 17.0 Å². The molecule has 2 atom stereocenters. The Morgan fingerprint density at radius 2 is 1.70 bits per heavy atom. The average molecular weight is 508 g/mol. The van der Waals surface area contributed by atoms with Crippen LogP contribution in [0.3, 0.4) is 0 Å². The Morgan fingerprint density at radius 1 is 1.03 bits per heavy atom. The summed E-state index contributed by atoms with van der Waals surface area (Å²) in [4.78, 5) is 41.3. The standard InChI is InChI=1S/C27H33N5O5/c1-4-20(18-9-6-5-7-10-18)28-22-23(27(37)31(3)30(2)26(22)36)29-21-12-8-11-19(24(21)34)25(35)32-14-13-17(15-32)16-33/h5-12,17,20,28-29,33-34H,4,13-16H2,1-3H3/t17-,20+/m0/s1. The molecule has 2 aromatic carbocycles. The number of aliphatic hydroxyl groups is 1. The molecule has 0 bridgehead atoms. The van der Waals surface area contributed by atoms with Gasteiger partial charge in [-0.05, 0) is 30.5 Å². The van der Waals surface area contributed by atoms with Gasteiger partial charge in [-0.25, -0.2) is 9.36 Å². The zero-order valence-corrected chi connectivity index (χ0v) is 21.3. The molecule has 1 aromatic heterocycles. The van der Waals surface area contributed by atoms with Crippen LogP contribution in [0.25, 0.3) is 0 Å². The number of amides is 1. The third-order valence-electron chi connectivity index (χ3n) is 7.00. The van der Waals surface area contributed by atoms with Crippen LogP contribution in [0.2, 0.25) is 0 Å². The van der Waals surface area contributed by atoms with Crippen molar-refractivity contribution in [3.63, 3.8) is 0 Å². The van der Waals surface area contributed by atoms with Gasteiger partial charge in [0.1, 0.15) is 11.4 Å². The molecule has 4 rings (SSSR count). The molecule has 2 heterocycles. The van der Waals surface area contributed by atoms with Crippen LogP contribution in [0.1, 0.15) is 41.7 Å². The van der Waals surface area contributed by atoms with Crippen LogP contribution in [0.5, 0.6) is 5.75 Å². The summed E-state index contributed by atoms with van der Waals surface area (Å²) in [7, 11) is 2.99. The second-order valence-electron chi connectivity index (χ2n) is 9.34. The number of carbonyl (C=O) groups is 1. The van der Waals surface area contributed by atoms with Gasteiger partial charge in [0.2, 0.25) is 0 Å². The van der Waals surface area contributed by atoms with Crippen molar-refractivity contribution in [3.8, 4) is 5.75 Å². The fourth-order valence-corrected chi connectivity index (χ4v) is 4.63. The van der Waals surface area contributed by atoms with Crippen molar-refractivity contribution in [1.82, 2.24) is 14.3 Å². The Hall–Kier alpha value is -4.05. The summed E-state index contributed by atoms with van der Waals surface area (Å²) in [6.45, 7) is 2.88. The molecule has 0 radical (unpaired) electrons. The van der Waals surface area contributed by atoms with Crippen molar-refractivity contribution in [2.75, 3.05) is 30.3 Å². The van der Waals surface area contributed by atoms with E-state index < -0.39 is 11.1 Å². The second-order valence-corrected chi connectivity index (χ2v) is 9.34. The molecule has 1 aliphatic heterocycles. The minimum absolute atomic E-state index is 0.00112. The number of phenols is 1. The molecular formula is C27H33N5O5. The van der Waals surface area contributed by atoms with Gasteiger partial charge in [-0.15, -0.1) is 0 Å². The van der Waals surface area contributed by atoms with Crippen molar-refractivity contribution in [1.29, 1.82) is 0 Å². The first kappa shape index (κ1) is 26.0. The fraction of sp³-hybridized carbons (Fsp3) is 0.370. The fourth-order valence-electron chi connectivity index (χ4n) is 4.63. The van der Waals surface area contributed by atoms with E-state index in [0.717, 1.165) is 5.56 Å². The predicted molar refractivity (Wildman–Crippen MR) is 143 cm³/mol. The van der Waals surface area contributed by atoms with Gasteiger partial charge in [0, 0.05) is 39.7 Å². The first-order chi connectivity index (χ1) is 17.8. The number of aliphatic hydroxyl groups excluding tert-OH is 1. The number of nitrogens with zero attached hydrogens (tertiary/aromatic N) is 3. The number of phenolic OH excluding ortho intramolecular Hbond substituents is 1. The van der Waals surface area contributed by atoms with Gasteiger partial charge in [0.25, 0.3) is 17.0 Å². The number of nitrogens with one attached hydrogen (secondary N) is 2. The summed E-state index contributed by atoms with van der Waals surface area (Å²) in [5, 5.41) is 26.6. The Balaban J connectivity index is 1.73. The van der Waals surface area contributed by atoms with Crippen LogP contribution in [-0.2, 0) is 14.1 Å². The highest BCUT2D eigenvalue weighted by Gasteiger charge is 2.29. The number of anilines is 3. The molecule has 1 saturated heterocycles. The maximum absolute atomic E-state index is 13.3. The highest BCUT2D eigenvalue weighted by Crippen LogP contribution is 2.33. The molecule has 10 heteroatoms. The molecule has 3 aromatic rings. The van der Waals surface area contributed by atoms with E-state index in [4.69, 9.17) is 0 Å². The molecule has 4 N–H and O–H groups in total. The Labute approximate surface area is 214 Å². The topological polar surface area (TPSA) is 129 Å². The smallest absolute Gasteiger partial charge is 0.290 e. The van der Waals surface area contributed by atoms with Gasteiger partial charge in [-0.3, -0.25) is 14.4 Å². The van der Waals surface area contributed by atoms with E-state index in [-0.39, 0.29) is 52.8 Å². The molecule has 0 aliphatic carbocycles. The second kappa shape index (κ2) is 10.9. The van der Waals surface area contributed by atoms with Gasteiger partial charge >= 0.3 is 0 Å². The number of aromatic hydroxyl groups is 1. The largest absolute Gasteiger partial charge is 0.505 e. The Bertz CT molecular complexity index is 1400. The van der Waals surface area contributed by atoms with Crippen molar-refractivity contribution >= 4 is 23.0 Å². The highest BCUT2D eigenvalue weighted by molar-refractivity contribution is 5.99. The maximum atomic E-state index is 13.3. The molecule has 1 amide bonds. The normalized spacial score (nSPS) is 16.0. The number of benzene rings is 2. The summed E-state index contributed by atoms with van der Waals surface area (Å²) in [6, 6.07) is 14.0. The number of hydrogen-bond acceptors (Lipinski definition) is 7. The molecule has 196 valence electrons. The van der Waals surface area contributed by atoms with Crippen molar-refractivity contribution < 1.29 is 15.0 Å². The van der Waals surface area contributed by atoms with Gasteiger partial charge in [0.15, 0.2) is 5.75 Å². The number of aromatic nitrogens is 2. The van der Waals surface area contributed by atoms with Crippen molar-refractivity contribution in [2.45, 2.75) is 25.8 Å². The van der Waals surface area contributed by atoms with Crippen molar-refractivity contribution in [3.05, 3.63) is 80.4 Å². The van der Waals surface area contributed by atoms with Gasteiger partial charge in [-0.2, -0.15) is 0 Å². The maximum Gasteiger partial charge on any atom is 0.290 e. The summed E-state index contributed by atoms with van der Waals surface area (Å²) < 4.78 is 2.41. The number of likely N-dealkylation sites (tertiary alicyclic amines) is 1. The Kier molecular flexibility index (Phi) is 7.68. The van der Waals surface area contributed by atoms with Crippen LogP contribution >= 0.6 is 0 Å². The van der Waals surface area contributed by atoms with E-state index in [9.17, 15) is 24.6 Å². The third kappa shape index (κ3) is 5.10. The average Bonchev–Trinajstić information content (AvgIpc) is 3.41. The molecule has 1 fully saturated rings. The molecule has 37 heavy (non-hydrogen) atoms. The quantitative estimate of drug-likeness (QED) is 0.345. The molecule has 10 nitrogen and oxygen atoms in total. The minimum Gasteiger partial charge on any atom is -0.505 e. The van der Waals surface area contributed by atoms with E-state index in [0.29, 0.717) is 25.9 Å². The minimum atomic E-state index is -0.478.